The van der Waals surface area contributed by atoms with Gasteiger partial charge >= 0.3 is 0 Å². The van der Waals surface area contributed by atoms with E-state index in [9.17, 15) is 4.79 Å². The summed E-state index contributed by atoms with van der Waals surface area (Å²) in [6.45, 7) is 2.05. The van der Waals surface area contributed by atoms with Gasteiger partial charge in [0.1, 0.15) is 0 Å². The Morgan fingerprint density at radius 2 is 1.79 bits per heavy atom. The lowest BCUT2D eigenvalue weighted by Crippen LogP contribution is -2.28. The minimum absolute atomic E-state index is 0.151. The number of aryl methyl sites for hydroxylation is 1. The molecule has 1 fully saturated rings. The predicted molar refractivity (Wildman–Crippen MR) is 108 cm³/mol. The Kier molecular flexibility index (Phi) is 5.30. The van der Waals surface area contributed by atoms with Crippen molar-refractivity contribution in [2.75, 3.05) is 4.90 Å². The fraction of sp³-hybridized carbons (Fsp3) is 0.111. The second-order valence-electron chi connectivity index (χ2n) is 5.13. The predicted octanol–water partition coefficient (Wildman–Crippen LogP) is 5.96. The third-order valence-corrected chi connectivity index (χ3v) is 5.64. The lowest BCUT2D eigenvalue weighted by Gasteiger charge is -2.18. The molecule has 0 aliphatic carbocycles. The van der Waals surface area contributed by atoms with Gasteiger partial charge in [-0.1, -0.05) is 78.4 Å². The zero-order valence-electron chi connectivity index (χ0n) is 12.8. The molecule has 0 saturated carbocycles. The van der Waals surface area contributed by atoms with Gasteiger partial charge in [-0.3, -0.25) is 9.69 Å². The number of carbonyl (C=O) groups excluding carboxylic acids is 1. The molecule has 0 N–H and O–H groups in total. The average Bonchev–Trinajstić information content (AvgIpc) is 2.85. The van der Waals surface area contributed by atoms with Gasteiger partial charge in [-0.25, -0.2) is 0 Å². The fourth-order valence-electron chi connectivity index (χ4n) is 2.48. The number of thioether (sulfide) groups is 1. The molecule has 0 bridgehead atoms. The van der Waals surface area contributed by atoms with Crippen LogP contribution < -0.4 is 4.90 Å². The van der Waals surface area contributed by atoms with E-state index in [0.29, 0.717) is 24.8 Å². The number of halogens is 2. The molecule has 6 heteroatoms. The molecular formula is C18H13Cl2NOS2. The van der Waals surface area contributed by atoms with Gasteiger partial charge in [0.2, 0.25) is 0 Å². The standard InChI is InChI=1S/C18H13Cl2NOS2/c1-2-11-6-3-4-9-15(11)21-17(22)16(24-18(21)23)10-12-13(19)7-5-8-14(12)20/h3-10H,2H2,1H3. The molecule has 0 spiro atoms. The molecule has 1 aliphatic heterocycles. The summed E-state index contributed by atoms with van der Waals surface area (Å²) in [6, 6.07) is 13.0. The molecule has 24 heavy (non-hydrogen) atoms. The van der Waals surface area contributed by atoms with Crippen molar-refractivity contribution < 1.29 is 4.79 Å². The van der Waals surface area contributed by atoms with E-state index in [1.165, 1.54) is 11.8 Å². The quantitative estimate of drug-likeness (QED) is 0.473. The smallest absolute Gasteiger partial charge is 0.268 e. The van der Waals surface area contributed by atoms with E-state index < -0.39 is 0 Å². The van der Waals surface area contributed by atoms with Crippen molar-refractivity contribution in [1.82, 2.24) is 0 Å². The van der Waals surface area contributed by atoms with Gasteiger partial charge in [-0.2, -0.15) is 0 Å². The molecule has 0 unspecified atom stereocenters. The van der Waals surface area contributed by atoms with Crippen LogP contribution >= 0.6 is 47.2 Å². The van der Waals surface area contributed by atoms with Crippen molar-refractivity contribution in [1.29, 1.82) is 0 Å². The highest BCUT2D eigenvalue weighted by Crippen LogP contribution is 2.39. The summed E-state index contributed by atoms with van der Waals surface area (Å²) in [5.41, 5.74) is 2.53. The van der Waals surface area contributed by atoms with Crippen molar-refractivity contribution in [2.45, 2.75) is 13.3 Å². The first-order valence-electron chi connectivity index (χ1n) is 7.32. The Bertz CT molecular complexity index is 844. The lowest BCUT2D eigenvalue weighted by atomic mass is 10.1. The van der Waals surface area contributed by atoms with Gasteiger partial charge in [-0.15, -0.1) is 0 Å². The summed E-state index contributed by atoms with van der Waals surface area (Å²) < 4.78 is 0.510. The number of carbonyl (C=O) groups is 1. The molecule has 2 aromatic rings. The first kappa shape index (κ1) is 17.5. The molecule has 1 aliphatic rings. The summed E-state index contributed by atoms with van der Waals surface area (Å²) >= 11 is 19.1. The summed E-state index contributed by atoms with van der Waals surface area (Å²) in [4.78, 5) is 15.0. The number of amides is 1. The van der Waals surface area contributed by atoms with E-state index in [1.54, 1.807) is 29.2 Å². The maximum absolute atomic E-state index is 12.9. The van der Waals surface area contributed by atoms with Crippen molar-refractivity contribution in [3.8, 4) is 0 Å². The highest BCUT2D eigenvalue weighted by molar-refractivity contribution is 8.27. The van der Waals surface area contributed by atoms with Crippen molar-refractivity contribution in [3.63, 3.8) is 0 Å². The molecule has 0 aromatic heterocycles. The van der Waals surface area contributed by atoms with Gasteiger partial charge < -0.3 is 0 Å². The zero-order valence-corrected chi connectivity index (χ0v) is 15.9. The monoisotopic (exact) mass is 393 g/mol. The highest BCUT2D eigenvalue weighted by atomic mass is 35.5. The van der Waals surface area contributed by atoms with Crippen LogP contribution in [0.1, 0.15) is 18.1 Å². The van der Waals surface area contributed by atoms with Crippen LogP contribution in [0.4, 0.5) is 5.69 Å². The van der Waals surface area contributed by atoms with E-state index >= 15 is 0 Å². The largest absolute Gasteiger partial charge is 0.270 e. The molecule has 1 heterocycles. The van der Waals surface area contributed by atoms with E-state index in [-0.39, 0.29) is 5.91 Å². The number of anilines is 1. The van der Waals surface area contributed by atoms with E-state index in [0.717, 1.165) is 17.7 Å². The van der Waals surface area contributed by atoms with Crippen LogP contribution in [0.15, 0.2) is 47.4 Å². The van der Waals surface area contributed by atoms with Crippen molar-refractivity contribution in [2.24, 2.45) is 0 Å². The fourth-order valence-corrected chi connectivity index (χ4v) is 4.26. The number of rotatable bonds is 3. The second-order valence-corrected chi connectivity index (χ2v) is 7.62. The molecule has 122 valence electrons. The normalized spacial score (nSPS) is 16.3. The van der Waals surface area contributed by atoms with Gasteiger partial charge in [-0.05, 0) is 36.3 Å². The summed E-state index contributed by atoms with van der Waals surface area (Å²) in [7, 11) is 0. The lowest BCUT2D eigenvalue weighted by molar-refractivity contribution is -0.113. The van der Waals surface area contributed by atoms with Gasteiger partial charge in [0.25, 0.3) is 5.91 Å². The second kappa shape index (κ2) is 7.28. The van der Waals surface area contributed by atoms with Crippen LogP contribution in [-0.4, -0.2) is 10.2 Å². The first-order chi connectivity index (χ1) is 11.5. The number of para-hydroxylation sites is 1. The number of thiocarbonyl (C=S) groups is 1. The van der Waals surface area contributed by atoms with Crippen LogP contribution in [0.5, 0.6) is 0 Å². The Morgan fingerprint density at radius 1 is 1.12 bits per heavy atom. The Labute approximate surface area is 160 Å². The third kappa shape index (κ3) is 3.24. The van der Waals surface area contributed by atoms with Crippen molar-refractivity contribution in [3.05, 3.63) is 68.5 Å². The summed E-state index contributed by atoms with van der Waals surface area (Å²) in [5.74, 6) is -0.151. The zero-order chi connectivity index (χ0) is 17.3. The van der Waals surface area contributed by atoms with Gasteiger partial charge in [0.05, 0.1) is 10.6 Å². The number of nitrogens with zero attached hydrogens (tertiary/aromatic N) is 1. The van der Waals surface area contributed by atoms with Crippen molar-refractivity contribution >= 4 is 69.2 Å². The van der Waals surface area contributed by atoms with Gasteiger partial charge in [0.15, 0.2) is 4.32 Å². The Balaban J connectivity index is 2.02. The van der Waals surface area contributed by atoms with Crippen LogP contribution in [0.2, 0.25) is 10.0 Å². The van der Waals surface area contributed by atoms with Crippen LogP contribution in [0, 0.1) is 0 Å². The molecule has 0 radical (unpaired) electrons. The Hall–Kier alpha value is -1.33. The summed E-state index contributed by atoms with van der Waals surface area (Å²) in [6.07, 6.45) is 2.53. The minimum Gasteiger partial charge on any atom is -0.268 e. The molecule has 0 atom stereocenters. The first-order valence-corrected chi connectivity index (χ1v) is 9.31. The molecular weight excluding hydrogens is 381 g/mol. The third-order valence-electron chi connectivity index (χ3n) is 3.68. The van der Waals surface area contributed by atoms with Crippen LogP contribution in [-0.2, 0) is 11.2 Å². The number of hydrogen-bond donors (Lipinski definition) is 0. The SMILES string of the molecule is CCc1ccccc1N1C(=O)C(=Cc2c(Cl)cccc2Cl)SC1=S. The molecule has 2 aromatic carbocycles. The van der Waals surface area contributed by atoms with Crippen LogP contribution in [0.3, 0.4) is 0 Å². The van der Waals surface area contributed by atoms with E-state index in [4.69, 9.17) is 35.4 Å². The highest BCUT2D eigenvalue weighted by Gasteiger charge is 2.34. The molecule has 3 rings (SSSR count). The topological polar surface area (TPSA) is 20.3 Å². The van der Waals surface area contributed by atoms with E-state index in [2.05, 4.69) is 6.92 Å². The Morgan fingerprint density at radius 3 is 2.46 bits per heavy atom. The molecule has 1 saturated heterocycles. The number of benzene rings is 2. The van der Waals surface area contributed by atoms with E-state index in [1.807, 2.05) is 24.3 Å². The number of hydrogen-bond acceptors (Lipinski definition) is 3. The van der Waals surface area contributed by atoms with Gasteiger partial charge in [0, 0.05) is 15.6 Å². The maximum Gasteiger partial charge on any atom is 0.270 e. The molecule has 1 amide bonds. The average molecular weight is 394 g/mol. The summed E-state index contributed by atoms with van der Waals surface area (Å²) in [5, 5.41) is 1.00. The molecule has 2 nitrogen and oxygen atoms in total. The minimum atomic E-state index is -0.151. The maximum atomic E-state index is 12.9. The van der Waals surface area contributed by atoms with Crippen LogP contribution in [0.25, 0.3) is 6.08 Å².